The number of unbranched alkanes of at least 4 members (excludes halogenated alkanes) is 6. The molecule has 90 valence electrons. The van der Waals surface area contributed by atoms with Gasteiger partial charge in [0.05, 0.1) is 4.99 Å². The van der Waals surface area contributed by atoms with Crippen LogP contribution in [-0.4, -0.2) is 4.99 Å². The third-order valence-corrected chi connectivity index (χ3v) is 3.62. The van der Waals surface area contributed by atoms with E-state index in [1.165, 1.54) is 44.9 Å². The van der Waals surface area contributed by atoms with Gasteiger partial charge in [0, 0.05) is 5.41 Å². The van der Waals surface area contributed by atoms with Crippen molar-refractivity contribution in [3.05, 3.63) is 0 Å². The summed E-state index contributed by atoms with van der Waals surface area (Å²) in [6.45, 7) is 6.55. The van der Waals surface area contributed by atoms with E-state index in [1.807, 2.05) is 0 Å². The fourth-order valence-corrected chi connectivity index (χ4v) is 1.75. The highest BCUT2D eigenvalue weighted by Crippen LogP contribution is 2.24. The third-order valence-electron chi connectivity index (χ3n) is 3.07. The fourth-order valence-electron chi connectivity index (χ4n) is 1.65. The Morgan fingerprint density at radius 2 is 1.47 bits per heavy atom. The minimum absolute atomic E-state index is 0.0543. The number of nitrogens with two attached hydrogens (primary N) is 1. The normalized spacial score (nSPS) is 11.7. The molecular weight excluding hydrogens is 202 g/mol. The molecular formula is C13H27NS. The van der Waals surface area contributed by atoms with E-state index in [0.717, 1.165) is 6.42 Å². The molecule has 0 amide bonds. The highest BCUT2D eigenvalue weighted by Gasteiger charge is 2.20. The maximum absolute atomic E-state index is 5.68. The van der Waals surface area contributed by atoms with Crippen molar-refractivity contribution in [1.82, 2.24) is 0 Å². The van der Waals surface area contributed by atoms with E-state index in [2.05, 4.69) is 20.8 Å². The third kappa shape index (κ3) is 7.78. The maximum Gasteiger partial charge on any atom is 0.0784 e. The summed E-state index contributed by atoms with van der Waals surface area (Å²) >= 11 is 5.04. The van der Waals surface area contributed by atoms with Crippen molar-refractivity contribution >= 4 is 17.2 Å². The average molecular weight is 229 g/mol. The summed E-state index contributed by atoms with van der Waals surface area (Å²) in [4.78, 5) is 0.661. The fraction of sp³-hybridized carbons (Fsp3) is 0.923. The first kappa shape index (κ1) is 14.9. The Bertz CT molecular complexity index is 175. The molecule has 0 aromatic carbocycles. The van der Waals surface area contributed by atoms with Gasteiger partial charge in [-0.05, 0) is 6.42 Å². The average Bonchev–Trinajstić information content (AvgIpc) is 2.16. The molecule has 0 radical (unpaired) electrons. The number of rotatable bonds is 9. The van der Waals surface area contributed by atoms with Gasteiger partial charge in [0.25, 0.3) is 0 Å². The highest BCUT2D eigenvalue weighted by atomic mass is 32.1. The number of hydrogen-bond acceptors (Lipinski definition) is 1. The van der Waals surface area contributed by atoms with Gasteiger partial charge in [-0.1, -0.05) is 77.9 Å². The molecule has 0 saturated heterocycles. The first-order valence-electron chi connectivity index (χ1n) is 6.30. The first-order valence-corrected chi connectivity index (χ1v) is 6.71. The van der Waals surface area contributed by atoms with Crippen LogP contribution in [0.4, 0.5) is 0 Å². The molecule has 0 fully saturated rings. The van der Waals surface area contributed by atoms with Crippen molar-refractivity contribution < 1.29 is 0 Å². The van der Waals surface area contributed by atoms with E-state index in [0.29, 0.717) is 4.99 Å². The molecule has 0 saturated carbocycles. The van der Waals surface area contributed by atoms with Crippen LogP contribution in [0.5, 0.6) is 0 Å². The second-order valence-corrected chi connectivity index (χ2v) is 5.56. The van der Waals surface area contributed by atoms with Crippen LogP contribution < -0.4 is 5.73 Å². The highest BCUT2D eigenvalue weighted by molar-refractivity contribution is 7.80. The first-order chi connectivity index (χ1) is 7.00. The Morgan fingerprint density at radius 3 is 1.93 bits per heavy atom. The molecule has 0 atom stereocenters. The van der Waals surface area contributed by atoms with Gasteiger partial charge in [0.2, 0.25) is 0 Å². The lowest BCUT2D eigenvalue weighted by Gasteiger charge is -2.22. The van der Waals surface area contributed by atoms with Crippen LogP contribution in [0.1, 0.15) is 72.1 Å². The Kier molecular flexibility index (Phi) is 8.03. The SMILES string of the molecule is CCCCCCCCCC(C)(C)C(N)=S. The van der Waals surface area contributed by atoms with E-state index < -0.39 is 0 Å². The molecule has 2 heteroatoms. The van der Waals surface area contributed by atoms with Crippen LogP contribution in [0, 0.1) is 5.41 Å². The summed E-state index contributed by atoms with van der Waals surface area (Å²) < 4.78 is 0. The zero-order chi connectivity index (χ0) is 11.7. The second-order valence-electron chi connectivity index (χ2n) is 5.12. The van der Waals surface area contributed by atoms with Gasteiger partial charge in [-0.3, -0.25) is 0 Å². The molecule has 2 N–H and O–H groups in total. The molecule has 1 nitrogen and oxygen atoms in total. The molecule has 0 aromatic heterocycles. The van der Waals surface area contributed by atoms with Gasteiger partial charge < -0.3 is 5.73 Å². The Hall–Kier alpha value is -0.110. The Labute approximate surface area is 101 Å². The topological polar surface area (TPSA) is 26.0 Å². The van der Waals surface area contributed by atoms with Crippen LogP contribution in [0.25, 0.3) is 0 Å². The summed E-state index contributed by atoms with van der Waals surface area (Å²) in [5.41, 5.74) is 5.74. The van der Waals surface area contributed by atoms with Crippen molar-refractivity contribution in [3.8, 4) is 0 Å². The monoisotopic (exact) mass is 229 g/mol. The minimum Gasteiger partial charge on any atom is -0.393 e. The van der Waals surface area contributed by atoms with Gasteiger partial charge in [0.1, 0.15) is 0 Å². The van der Waals surface area contributed by atoms with E-state index >= 15 is 0 Å². The van der Waals surface area contributed by atoms with Crippen molar-refractivity contribution in [2.24, 2.45) is 11.1 Å². The molecule has 0 rings (SSSR count). The molecule has 0 aliphatic heterocycles. The van der Waals surface area contributed by atoms with Crippen molar-refractivity contribution in [2.45, 2.75) is 72.1 Å². The molecule has 0 heterocycles. The lowest BCUT2D eigenvalue weighted by atomic mass is 9.87. The maximum atomic E-state index is 5.68. The standard InChI is InChI=1S/C13H27NS/c1-4-5-6-7-8-9-10-11-13(2,3)12(14)15/h4-11H2,1-3H3,(H2,14,15). The number of hydrogen-bond donors (Lipinski definition) is 1. The van der Waals surface area contributed by atoms with Crippen molar-refractivity contribution in [2.75, 3.05) is 0 Å². The van der Waals surface area contributed by atoms with E-state index in [1.54, 1.807) is 0 Å². The molecule has 0 aliphatic rings. The quantitative estimate of drug-likeness (QED) is 0.467. The molecule has 0 aliphatic carbocycles. The minimum atomic E-state index is 0.0543. The molecule has 0 aromatic rings. The summed E-state index contributed by atoms with van der Waals surface area (Å²) in [6, 6.07) is 0. The smallest absolute Gasteiger partial charge is 0.0784 e. The van der Waals surface area contributed by atoms with E-state index in [9.17, 15) is 0 Å². The van der Waals surface area contributed by atoms with Crippen LogP contribution in [0.15, 0.2) is 0 Å². The van der Waals surface area contributed by atoms with Crippen LogP contribution in [0.2, 0.25) is 0 Å². The summed E-state index contributed by atoms with van der Waals surface area (Å²) in [5.74, 6) is 0. The molecule has 15 heavy (non-hydrogen) atoms. The van der Waals surface area contributed by atoms with Gasteiger partial charge in [-0.2, -0.15) is 0 Å². The van der Waals surface area contributed by atoms with Gasteiger partial charge >= 0.3 is 0 Å². The van der Waals surface area contributed by atoms with E-state index in [4.69, 9.17) is 18.0 Å². The lowest BCUT2D eigenvalue weighted by molar-refractivity contribution is 0.440. The largest absolute Gasteiger partial charge is 0.393 e. The van der Waals surface area contributed by atoms with Crippen LogP contribution in [-0.2, 0) is 0 Å². The molecule has 0 spiro atoms. The lowest BCUT2D eigenvalue weighted by Crippen LogP contribution is -2.29. The van der Waals surface area contributed by atoms with Crippen LogP contribution in [0.3, 0.4) is 0 Å². The Morgan fingerprint density at radius 1 is 1.00 bits per heavy atom. The van der Waals surface area contributed by atoms with Gasteiger partial charge in [-0.15, -0.1) is 0 Å². The summed E-state index contributed by atoms with van der Waals surface area (Å²) in [6.07, 6.45) is 10.6. The van der Waals surface area contributed by atoms with Gasteiger partial charge in [0.15, 0.2) is 0 Å². The van der Waals surface area contributed by atoms with Crippen molar-refractivity contribution in [1.29, 1.82) is 0 Å². The predicted molar refractivity (Wildman–Crippen MR) is 73.2 cm³/mol. The van der Waals surface area contributed by atoms with E-state index in [-0.39, 0.29) is 5.41 Å². The molecule has 0 bridgehead atoms. The zero-order valence-electron chi connectivity index (χ0n) is 10.6. The van der Waals surface area contributed by atoms with Gasteiger partial charge in [-0.25, -0.2) is 0 Å². The second kappa shape index (κ2) is 8.09. The predicted octanol–water partition coefficient (Wildman–Crippen LogP) is 4.44. The van der Waals surface area contributed by atoms with Crippen LogP contribution >= 0.6 is 12.2 Å². The zero-order valence-corrected chi connectivity index (χ0v) is 11.5. The van der Waals surface area contributed by atoms with Crippen molar-refractivity contribution in [3.63, 3.8) is 0 Å². The summed E-state index contributed by atoms with van der Waals surface area (Å²) in [5, 5.41) is 0. The summed E-state index contributed by atoms with van der Waals surface area (Å²) in [7, 11) is 0. The number of thiocarbonyl (C=S) groups is 1. The molecule has 0 unspecified atom stereocenters. The Balaban J connectivity index is 3.35.